The Morgan fingerprint density at radius 3 is 2.94 bits per heavy atom. The minimum atomic E-state index is -0.671. The molecule has 1 aromatic rings. The van der Waals surface area contributed by atoms with Gasteiger partial charge in [0.25, 0.3) is 11.7 Å². The van der Waals surface area contributed by atoms with Crippen molar-refractivity contribution in [2.24, 2.45) is 5.73 Å². The first kappa shape index (κ1) is 11.5. The molecule has 0 radical (unpaired) electrons. The number of piperazine rings is 1. The van der Waals surface area contributed by atoms with Gasteiger partial charge >= 0.3 is 0 Å². The van der Waals surface area contributed by atoms with Gasteiger partial charge in [0.1, 0.15) is 6.04 Å². The van der Waals surface area contributed by atoms with Crippen molar-refractivity contribution in [3.63, 3.8) is 0 Å². The molecular formula is C9H13N5O3. The van der Waals surface area contributed by atoms with Gasteiger partial charge in [-0.1, -0.05) is 5.16 Å². The average molecular weight is 239 g/mol. The Labute approximate surface area is 97.1 Å². The van der Waals surface area contributed by atoms with E-state index in [4.69, 9.17) is 10.3 Å². The molecule has 2 amide bonds. The van der Waals surface area contributed by atoms with Crippen LogP contribution in [0.1, 0.15) is 16.5 Å². The third-order valence-electron chi connectivity index (χ3n) is 2.55. The summed E-state index contributed by atoms with van der Waals surface area (Å²) < 4.78 is 4.73. The monoisotopic (exact) mass is 239 g/mol. The van der Waals surface area contributed by atoms with Crippen LogP contribution in [0.2, 0.25) is 0 Å². The van der Waals surface area contributed by atoms with Crippen molar-refractivity contribution in [1.29, 1.82) is 0 Å². The molecule has 1 fully saturated rings. The molecule has 2 heterocycles. The predicted molar refractivity (Wildman–Crippen MR) is 55.9 cm³/mol. The molecule has 1 unspecified atom stereocenters. The molecule has 1 atom stereocenters. The van der Waals surface area contributed by atoms with Crippen LogP contribution in [0.15, 0.2) is 4.52 Å². The molecule has 8 heteroatoms. The van der Waals surface area contributed by atoms with Crippen molar-refractivity contribution in [2.75, 3.05) is 19.6 Å². The van der Waals surface area contributed by atoms with Crippen LogP contribution in [0.5, 0.6) is 0 Å². The van der Waals surface area contributed by atoms with Gasteiger partial charge in [0.15, 0.2) is 0 Å². The number of carbonyl (C=O) groups excluding carboxylic acids is 2. The molecule has 1 aliphatic rings. The lowest BCUT2D eigenvalue weighted by Crippen LogP contribution is -2.58. The molecule has 2 rings (SSSR count). The molecule has 1 aromatic heterocycles. The minimum absolute atomic E-state index is 0.0457. The second-order valence-electron chi connectivity index (χ2n) is 3.76. The van der Waals surface area contributed by atoms with Crippen LogP contribution in [-0.2, 0) is 4.79 Å². The summed E-state index contributed by atoms with van der Waals surface area (Å²) in [7, 11) is 0. The Bertz CT molecular complexity index is 444. The normalized spacial score (nSPS) is 20.3. The summed E-state index contributed by atoms with van der Waals surface area (Å²) in [4.78, 5) is 28.5. The number of nitrogens with two attached hydrogens (primary N) is 1. The number of hydrogen-bond donors (Lipinski definition) is 2. The van der Waals surface area contributed by atoms with E-state index >= 15 is 0 Å². The molecule has 3 N–H and O–H groups in total. The highest BCUT2D eigenvalue weighted by molar-refractivity contribution is 5.94. The third kappa shape index (κ3) is 2.26. The Morgan fingerprint density at radius 1 is 1.59 bits per heavy atom. The van der Waals surface area contributed by atoms with E-state index in [0.717, 1.165) is 0 Å². The van der Waals surface area contributed by atoms with Gasteiger partial charge in [-0.25, -0.2) is 0 Å². The van der Waals surface area contributed by atoms with Crippen molar-refractivity contribution in [2.45, 2.75) is 13.0 Å². The zero-order valence-electron chi connectivity index (χ0n) is 9.34. The summed E-state index contributed by atoms with van der Waals surface area (Å²) in [5.41, 5.74) is 5.24. The minimum Gasteiger partial charge on any atom is -0.368 e. The lowest BCUT2D eigenvalue weighted by Gasteiger charge is -2.33. The first-order valence-corrected chi connectivity index (χ1v) is 5.21. The maximum atomic E-state index is 12.0. The second kappa shape index (κ2) is 4.50. The maximum Gasteiger partial charge on any atom is 0.296 e. The Hall–Kier alpha value is -1.96. The molecule has 0 spiro atoms. The topological polar surface area (TPSA) is 114 Å². The summed E-state index contributed by atoms with van der Waals surface area (Å²) >= 11 is 0. The Morgan fingerprint density at radius 2 is 2.35 bits per heavy atom. The van der Waals surface area contributed by atoms with E-state index < -0.39 is 17.9 Å². The van der Waals surface area contributed by atoms with Crippen LogP contribution in [-0.4, -0.2) is 52.5 Å². The van der Waals surface area contributed by atoms with Gasteiger partial charge in [-0.2, -0.15) is 4.98 Å². The van der Waals surface area contributed by atoms with Crippen molar-refractivity contribution in [1.82, 2.24) is 20.4 Å². The fraction of sp³-hybridized carbons (Fsp3) is 0.556. The molecule has 0 bridgehead atoms. The van der Waals surface area contributed by atoms with Crippen molar-refractivity contribution in [3.05, 3.63) is 11.7 Å². The Balaban J connectivity index is 2.19. The first-order chi connectivity index (χ1) is 8.09. The molecule has 0 saturated carbocycles. The summed E-state index contributed by atoms with van der Waals surface area (Å²) in [5.74, 6) is -0.729. The largest absolute Gasteiger partial charge is 0.368 e. The molecule has 0 aromatic carbocycles. The number of rotatable bonds is 2. The van der Waals surface area contributed by atoms with Crippen LogP contribution >= 0.6 is 0 Å². The zero-order valence-corrected chi connectivity index (χ0v) is 9.34. The quantitative estimate of drug-likeness (QED) is 0.634. The van der Waals surface area contributed by atoms with E-state index in [-0.39, 0.29) is 5.82 Å². The zero-order chi connectivity index (χ0) is 12.4. The highest BCUT2D eigenvalue weighted by Gasteiger charge is 2.33. The number of amides is 2. The number of carbonyl (C=O) groups is 2. The SMILES string of the molecule is Cc1nc(C(=O)N2CCNCC2C(N)=O)no1. The molecule has 92 valence electrons. The highest BCUT2D eigenvalue weighted by atomic mass is 16.5. The maximum absolute atomic E-state index is 12.0. The van der Waals surface area contributed by atoms with Crippen molar-refractivity contribution < 1.29 is 14.1 Å². The van der Waals surface area contributed by atoms with Gasteiger partial charge in [-0.05, 0) is 0 Å². The number of aryl methyl sites for hydroxylation is 1. The van der Waals surface area contributed by atoms with E-state index in [2.05, 4.69) is 15.5 Å². The standard InChI is InChI=1S/C9H13N5O3/c1-5-12-8(13-17-5)9(16)14-3-2-11-4-6(14)7(10)15/h6,11H,2-4H2,1H3,(H2,10,15). The second-order valence-corrected chi connectivity index (χ2v) is 3.76. The highest BCUT2D eigenvalue weighted by Crippen LogP contribution is 2.08. The Kier molecular flexibility index (Phi) is 3.05. The lowest BCUT2D eigenvalue weighted by atomic mass is 10.2. The third-order valence-corrected chi connectivity index (χ3v) is 2.55. The molecule has 0 aliphatic carbocycles. The number of aromatic nitrogens is 2. The fourth-order valence-electron chi connectivity index (χ4n) is 1.72. The van der Waals surface area contributed by atoms with E-state index in [1.165, 1.54) is 4.90 Å². The first-order valence-electron chi connectivity index (χ1n) is 5.21. The van der Waals surface area contributed by atoms with Gasteiger partial charge < -0.3 is 20.5 Å². The molecule has 8 nitrogen and oxygen atoms in total. The summed E-state index contributed by atoms with van der Waals surface area (Å²) in [6.45, 7) is 2.93. The van der Waals surface area contributed by atoms with Crippen LogP contribution in [0, 0.1) is 6.92 Å². The summed E-state index contributed by atoms with van der Waals surface area (Å²) in [6, 6.07) is -0.671. The number of hydrogen-bond acceptors (Lipinski definition) is 6. The smallest absolute Gasteiger partial charge is 0.296 e. The van der Waals surface area contributed by atoms with E-state index in [0.29, 0.717) is 25.5 Å². The van der Waals surface area contributed by atoms with Gasteiger partial charge in [-0.15, -0.1) is 0 Å². The van der Waals surface area contributed by atoms with Gasteiger partial charge in [0.2, 0.25) is 11.8 Å². The number of nitrogens with one attached hydrogen (secondary N) is 1. The van der Waals surface area contributed by atoms with Crippen LogP contribution in [0.4, 0.5) is 0 Å². The van der Waals surface area contributed by atoms with Gasteiger partial charge in [-0.3, -0.25) is 9.59 Å². The predicted octanol–water partition coefficient (Wildman–Crippen LogP) is -1.72. The fourth-order valence-corrected chi connectivity index (χ4v) is 1.72. The van der Waals surface area contributed by atoms with Crippen LogP contribution < -0.4 is 11.1 Å². The van der Waals surface area contributed by atoms with Crippen LogP contribution in [0.25, 0.3) is 0 Å². The molecular weight excluding hydrogens is 226 g/mol. The van der Waals surface area contributed by atoms with E-state index in [1.807, 2.05) is 0 Å². The van der Waals surface area contributed by atoms with E-state index in [9.17, 15) is 9.59 Å². The number of primary amides is 1. The summed E-state index contributed by atoms with van der Waals surface area (Å²) in [5, 5.41) is 6.53. The van der Waals surface area contributed by atoms with E-state index in [1.54, 1.807) is 6.92 Å². The molecule has 1 saturated heterocycles. The lowest BCUT2D eigenvalue weighted by molar-refractivity contribution is -0.122. The summed E-state index contributed by atoms with van der Waals surface area (Å²) in [6.07, 6.45) is 0. The van der Waals surface area contributed by atoms with Gasteiger partial charge in [0.05, 0.1) is 0 Å². The van der Waals surface area contributed by atoms with Crippen LogP contribution in [0.3, 0.4) is 0 Å². The molecule has 1 aliphatic heterocycles. The molecule has 17 heavy (non-hydrogen) atoms. The van der Waals surface area contributed by atoms with Crippen molar-refractivity contribution in [3.8, 4) is 0 Å². The average Bonchev–Trinajstić information content (AvgIpc) is 2.75. The number of nitrogens with zero attached hydrogens (tertiary/aromatic N) is 3. The van der Waals surface area contributed by atoms with Gasteiger partial charge in [0, 0.05) is 26.6 Å². The van der Waals surface area contributed by atoms with Crippen molar-refractivity contribution >= 4 is 11.8 Å².